The van der Waals surface area contributed by atoms with Crippen molar-refractivity contribution in [1.29, 1.82) is 0 Å². The van der Waals surface area contributed by atoms with Crippen molar-refractivity contribution in [3.8, 4) is 22.8 Å². The third kappa shape index (κ3) is 5.00. The monoisotopic (exact) mass is 534 g/mol. The van der Waals surface area contributed by atoms with Gasteiger partial charge in [-0.25, -0.2) is 9.50 Å². The maximum atomic E-state index is 13.1. The molecule has 5 rings (SSSR count). The van der Waals surface area contributed by atoms with E-state index in [1.165, 1.54) is 0 Å². The van der Waals surface area contributed by atoms with Crippen LogP contribution in [-0.4, -0.2) is 83.7 Å². The molecule has 0 bridgehead atoms. The van der Waals surface area contributed by atoms with Crippen molar-refractivity contribution >= 4 is 34.7 Å². The van der Waals surface area contributed by atoms with E-state index in [-0.39, 0.29) is 16.6 Å². The van der Waals surface area contributed by atoms with Gasteiger partial charge in [-0.1, -0.05) is 11.6 Å². The van der Waals surface area contributed by atoms with Gasteiger partial charge in [0.05, 0.1) is 30.6 Å². The van der Waals surface area contributed by atoms with Crippen molar-refractivity contribution in [3.05, 3.63) is 71.0 Å². The molecule has 10 nitrogen and oxygen atoms in total. The van der Waals surface area contributed by atoms with Crippen LogP contribution in [0.15, 0.2) is 54.7 Å². The predicted molar refractivity (Wildman–Crippen MR) is 144 cm³/mol. The number of nitrogens with zero attached hydrogens (tertiary/aromatic N) is 5. The van der Waals surface area contributed by atoms with E-state index in [2.05, 4.69) is 20.3 Å². The molecule has 2 aromatic heterocycles. The van der Waals surface area contributed by atoms with Gasteiger partial charge in [0.25, 0.3) is 11.8 Å². The molecule has 11 heteroatoms. The highest BCUT2D eigenvalue weighted by Crippen LogP contribution is 2.32. The molecular formula is C27H27ClN6O4. The highest BCUT2D eigenvalue weighted by Gasteiger charge is 2.22. The second kappa shape index (κ2) is 10.7. The first-order valence-corrected chi connectivity index (χ1v) is 12.4. The molecule has 2 amide bonds. The fraction of sp³-hybridized carbons (Fsp3) is 0.259. The van der Waals surface area contributed by atoms with Crippen molar-refractivity contribution in [1.82, 2.24) is 24.4 Å². The Hall–Kier alpha value is -4.15. The Kier molecular flexibility index (Phi) is 7.17. The Morgan fingerprint density at radius 2 is 1.71 bits per heavy atom. The molecule has 196 valence electrons. The van der Waals surface area contributed by atoms with E-state index in [1.54, 1.807) is 61.3 Å². The predicted octanol–water partition coefficient (Wildman–Crippen LogP) is 3.71. The minimum Gasteiger partial charge on any atom is -0.493 e. The normalized spacial score (nSPS) is 13.9. The summed E-state index contributed by atoms with van der Waals surface area (Å²) < 4.78 is 12.3. The first-order valence-electron chi connectivity index (χ1n) is 12.0. The zero-order chi connectivity index (χ0) is 26.8. The lowest BCUT2D eigenvalue weighted by molar-refractivity contribution is 0.0664. The maximum Gasteiger partial charge on any atom is 0.276 e. The number of anilines is 1. The van der Waals surface area contributed by atoms with Gasteiger partial charge in [0.15, 0.2) is 22.8 Å². The van der Waals surface area contributed by atoms with E-state index >= 15 is 0 Å². The first-order chi connectivity index (χ1) is 18.4. The first kappa shape index (κ1) is 25.5. The van der Waals surface area contributed by atoms with Gasteiger partial charge in [-0.2, -0.15) is 5.10 Å². The van der Waals surface area contributed by atoms with Crippen LogP contribution >= 0.6 is 11.6 Å². The third-order valence-corrected chi connectivity index (χ3v) is 6.84. The third-order valence-electron chi connectivity index (χ3n) is 6.52. The van der Waals surface area contributed by atoms with E-state index in [0.29, 0.717) is 41.5 Å². The number of halogens is 1. The Balaban J connectivity index is 1.36. The Morgan fingerprint density at radius 3 is 2.42 bits per heavy atom. The second-order valence-electron chi connectivity index (χ2n) is 8.94. The molecule has 1 N–H and O–H groups in total. The van der Waals surface area contributed by atoms with Crippen molar-refractivity contribution in [3.63, 3.8) is 0 Å². The number of carbonyl (C=O) groups excluding carboxylic acids is 2. The number of amides is 2. The van der Waals surface area contributed by atoms with E-state index in [1.807, 2.05) is 24.1 Å². The van der Waals surface area contributed by atoms with Crippen LogP contribution in [0.4, 0.5) is 5.69 Å². The Labute approximate surface area is 224 Å². The minimum absolute atomic E-state index is 0.0769. The van der Waals surface area contributed by atoms with Crippen molar-refractivity contribution in [2.24, 2.45) is 0 Å². The zero-order valence-corrected chi connectivity index (χ0v) is 22.0. The van der Waals surface area contributed by atoms with E-state index in [4.69, 9.17) is 21.1 Å². The fourth-order valence-electron chi connectivity index (χ4n) is 4.35. The SMILES string of the molecule is COc1ccc(-c2ccnc3cc(C(=O)Nc4ccc(C(=O)N5CCN(C)CC5)cc4Cl)nn23)cc1OC. The number of fused-ring (bicyclic) bond motifs is 1. The largest absolute Gasteiger partial charge is 0.493 e. The molecule has 0 unspecified atom stereocenters. The number of nitrogens with one attached hydrogen (secondary N) is 1. The number of benzene rings is 2. The number of methoxy groups -OCH3 is 2. The average molecular weight is 535 g/mol. The number of aromatic nitrogens is 3. The van der Waals surface area contributed by atoms with Gasteiger partial charge < -0.3 is 24.6 Å². The summed E-state index contributed by atoms with van der Waals surface area (Å²) in [6.07, 6.45) is 1.65. The molecule has 3 heterocycles. The summed E-state index contributed by atoms with van der Waals surface area (Å²) in [5.74, 6) is 0.653. The number of hydrogen-bond acceptors (Lipinski definition) is 7. The number of carbonyl (C=O) groups is 2. The molecule has 1 saturated heterocycles. The summed E-state index contributed by atoms with van der Waals surface area (Å²) in [6.45, 7) is 2.99. The van der Waals surface area contributed by atoms with Crippen LogP contribution in [0.25, 0.3) is 16.9 Å². The summed E-state index contributed by atoms with van der Waals surface area (Å²) in [5, 5.41) is 7.55. The molecule has 2 aromatic carbocycles. The van der Waals surface area contributed by atoms with Crippen LogP contribution in [0, 0.1) is 0 Å². The molecule has 1 aliphatic rings. The molecule has 4 aromatic rings. The summed E-state index contributed by atoms with van der Waals surface area (Å²) >= 11 is 6.45. The van der Waals surface area contributed by atoms with Gasteiger partial charge in [0, 0.05) is 49.6 Å². The summed E-state index contributed by atoms with van der Waals surface area (Å²) in [4.78, 5) is 34.3. The van der Waals surface area contributed by atoms with Crippen LogP contribution in [-0.2, 0) is 0 Å². The quantitative estimate of drug-likeness (QED) is 0.402. The number of ether oxygens (including phenoxy) is 2. The van der Waals surface area contributed by atoms with Gasteiger partial charge in [-0.15, -0.1) is 0 Å². The van der Waals surface area contributed by atoms with E-state index in [9.17, 15) is 9.59 Å². The smallest absolute Gasteiger partial charge is 0.276 e. The lowest BCUT2D eigenvalue weighted by Gasteiger charge is -2.32. The highest BCUT2D eigenvalue weighted by molar-refractivity contribution is 6.34. The number of hydrogen-bond donors (Lipinski definition) is 1. The molecule has 1 fully saturated rings. The minimum atomic E-state index is -0.450. The maximum absolute atomic E-state index is 13.1. The molecule has 0 saturated carbocycles. The van der Waals surface area contributed by atoms with Crippen LogP contribution in [0.3, 0.4) is 0 Å². The van der Waals surface area contributed by atoms with Gasteiger partial charge >= 0.3 is 0 Å². The van der Waals surface area contributed by atoms with Crippen molar-refractivity contribution in [2.75, 3.05) is 52.8 Å². The molecule has 0 radical (unpaired) electrons. The van der Waals surface area contributed by atoms with Crippen LogP contribution in [0.1, 0.15) is 20.8 Å². The molecule has 0 atom stereocenters. The molecule has 38 heavy (non-hydrogen) atoms. The van der Waals surface area contributed by atoms with Crippen molar-refractivity contribution in [2.45, 2.75) is 0 Å². The number of likely N-dealkylation sites (N-methyl/N-ethyl adjacent to an activating group) is 1. The molecule has 0 spiro atoms. The average Bonchev–Trinajstić information content (AvgIpc) is 3.38. The zero-order valence-electron chi connectivity index (χ0n) is 21.3. The molecule has 0 aliphatic carbocycles. The van der Waals surface area contributed by atoms with Gasteiger partial charge in [-0.05, 0) is 49.5 Å². The fourth-order valence-corrected chi connectivity index (χ4v) is 4.58. The van der Waals surface area contributed by atoms with Crippen molar-refractivity contribution < 1.29 is 19.1 Å². The standard InChI is InChI=1S/C27H27ClN6O4/c1-32-10-12-33(13-11-32)27(36)18-4-6-20(19(28)14-18)30-26(35)21-16-25-29-9-8-22(34(25)31-21)17-5-7-23(37-2)24(15-17)38-3/h4-9,14-16H,10-13H2,1-3H3,(H,30,35). The molecule has 1 aliphatic heterocycles. The van der Waals surface area contributed by atoms with Crippen LogP contribution in [0.5, 0.6) is 11.5 Å². The summed E-state index contributed by atoms with van der Waals surface area (Å²) in [5.41, 5.74) is 3.07. The molecular weight excluding hydrogens is 508 g/mol. The number of piperazine rings is 1. The Morgan fingerprint density at radius 1 is 0.947 bits per heavy atom. The van der Waals surface area contributed by atoms with Gasteiger partial charge in [0.1, 0.15) is 0 Å². The Bertz CT molecular complexity index is 1510. The topological polar surface area (TPSA) is 101 Å². The summed E-state index contributed by atoms with van der Waals surface area (Å²) in [6, 6.07) is 13.8. The highest BCUT2D eigenvalue weighted by atomic mass is 35.5. The van der Waals surface area contributed by atoms with E-state index < -0.39 is 5.91 Å². The number of rotatable bonds is 6. The van der Waals surface area contributed by atoms with Gasteiger partial charge in [-0.3, -0.25) is 9.59 Å². The second-order valence-corrected chi connectivity index (χ2v) is 9.35. The van der Waals surface area contributed by atoms with Crippen LogP contribution in [0.2, 0.25) is 5.02 Å². The van der Waals surface area contributed by atoms with E-state index in [0.717, 1.165) is 24.3 Å². The lowest BCUT2D eigenvalue weighted by Crippen LogP contribution is -2.47. The summed E-state index contributed by atoms with van der Waals surface area (Å²) in [7, 11) is 5.18. The van der Waals surface area contributed by atoms with Crippen LogP contribution < -0.4 is 14.8 Å². The lowest BCUT2D eigenvalue weighted by atomic mass is 10.1. The van der Waals surface area contributed by atoms with Gasteiger partial charge in [0.2, 0.25) is 0 Å².